The summed E-state index contributed by atoms with van der Waals surface area (Å²) < 4.78 is 10.6. The molecule has 0 radical (unpaired) electrons. The molecular formula is C18H11Cl2N3O3. The number of anilines is 1. The Bertz CT molecular complexity index is 1120. The monoisotopic (exact) mass is 387 g/mol. The molecule has 1 amide bonds. The largest absolute Gasteiger partial charge is 0.463 e. The predicted octanol–water partition coefficient (Wildman–Crippen LogP) is 5.35. The molecule has 0 aliphatic rings. The number of rotatable bonds is 3. The van der Waals surface area contributed by atoms with Crippen molar-refractivity contribution < 1.29 is 13.7 Å². The van der Waals surface area contributed by atoms with E-state index in [0.717, 1.165) is 0 Å². The van der Waals surface area contributed by atoms with Crippen LogP contribution in [0.15, 0.2) is 51.6 Å². The standard InChI is InChI=1S/C18H11Cl2N3O3/c1-9-15-10(17(24)21-12-5-2-4-11(19)16(12)20)8-13(14-6-3-7-25-14)22-18(15)26-23-9/h2-8H,1H3,(H,21,24). The number of pyridine rings is 1. The van der Waals surface area contributed by atoms with E-state index in [1.54, 1.807) is 43.3 Å². The van der Waals surface area contributed by atoms with Gasteiger partial charge in [0, 0.05) is 0 Å². The highest BCUT2D eigenvalue weighted by Gasteiger charge is 2.21. The minimum atomic E-state index is -0.388. The van der Waals surface area contributed by atoms with E-state index >= 15 is 0 Å². The van der Waals surface area contributed by atoms with Crippen molar-refractivity contribution in [2.75, 3.05) is 5.32 Å². The SMILES string of the molecule is Cc1noc2nc(-c3ccco3)cc(C(=O)Nc3cccc(Cl)c3Cl)c12. The lowest BCUT2D eigenvalue weighted by Gasteiger charge is -2.09. The van der Waals surface area contributed by atoms with Crippen LogP contribution in [0.2, 0.25) is 10.0 Å². The van der Waals surface area contributed by atoms with Crippen molar-refractivity contribution in [2.45, 2.75) is 6.92 Å². The normalized spacial score (nSPS) is 11.0. The Morgan fingerprint density at radius 3 is 2.81 bits per heavy atom. The number of benzene rings is 1. The van der Waals surface area contributed by atoms with Crippen molar-refractivity contribution in [3.63, 3.8) is 0 Å². The second kappa shape index (κ2) is 6.48. The summed E-state index contributed by atoms with van der Waals surface area (Å²) in [7, 11) is 0. The van der Waals surface area contributed by atoms with Gasteiger partial charge in [-0.2, -0.15) is 0 Å². The van der Waals surface area contributed by atoms with E-state index in [4.69, 9.17) is 32.1 Å². The lowest BCUT2D eigenvalue weighted by Crippen LogP contribution is -2.13. The molecule has 0 unspecified atom stereocenters. The van der Waals surface area contributed by atoms with Crippen molar-refractivity contribution in [3.8, 4) is 11.5 Å². The van der Waals surface area contributed by atoms with Gasteiger partial charge < -0.3 is 14.3 Å². The van der Waals surface area contributed by atoms with Gasteiger partial charge in [0.2, 0.25) is 0 Å². The molecule has 0 aliphatic heterocycles. The van der Waals surface area contributed by atoms with Crippen LogP contribution in [0, 0.1) is 6.92 Å². The summed E-state index contributed by atoms with van der Waals surface area (Å²) in [5.41, 5.74) is 2.01. The predicted molar refractivity (Wildman–Crippen MR) is 98.7 cm³/mol. The van der Waals surface area contributed by atoms with Crippen LogP contribution in [0.3, 0.4) is 0 Å². The van der Waals surface area contributed by atoms with Crippen LogP contribution in [0.25, 0.3) is 22.6 Å². The van der Waals surface area contributed by atoms with E-state index in [2.05, 4.69) is 15.5 Å². The Morgan fingerprint density at radius 1 is 1.19 bits per heavy atom. The fraction of sp³-hybridized carbons (Fsp3) is 0.0556. The zero-order valence-corrected chi connectivity index (χ0v) is 14.9. The molecule has 130 valence electrons. The number of furan rings is 1. The van der Waals surface area contributed by atoms with Gasteiger partial charge in [0.15, 0.2) is 5.76 Å². The third-order valence-corrected chi connectivity index (χ3v) is 4.65. The maximum atomic E-state index is 12.9. The van der Waals surface area contributed by atoms with Crippen LogP contribution in [0.1, 0.15) is 16.1 Å². The van der Waals surface area contributed by atoms with E-state index in [9.17, 15) is 4.79 Å². The van der Waals surface area contributed by atoms with Gasteiger partial charge in [-0.3, -0.25) is 4.79 Å². The van der Waals surface area contributed by atoms with Gasteiger partial charge in [0.1, 0.15) is 5.69 Å². The Morgan fingerprint density at radius 2 is 2.04 bits per heavy atom. The molecule has 1 aromatic carbocycles. The summed E-state index contributed by atoms with van der Waals surface area (Å²) in [6, 6.07) is 10.1. The van der Waals surface area contributed by atoms with E-state index in [1.165, 1.54) is 6.26 Å². The van der Waals surface area contributed by atoms with Gasteiger partial charge in [-0.05, 0) is 37.3 Å². The average Bonchev–Trinajstić information content (AvgIpc) is 3.28. The zero-order valence-electron chi connectivity index (χ0n) is 13.4. The molecule has 0 saturated heterocycles. The van der Waals surface area contributed by atoms with Gasteiger partial charge in [-0.15, -0.1) is 0 Å². The van der Waals surface area contributed by atoms with Crippen LogP contribution in [-0.2, 0) is 0 Å². The zero-order chi connectivity index (χ0) is 18.3. The molecule has 0 atom stereocenters. The molecule has 0 spiro atoms. The molecule has 8 heteroatoms. The molecule has 4 rings (SSSR count). The topological polar surface area (TPSA) is 81.2 Å². The first-order chi connectivity index (χ1) is 12.5. The maximum Gasteiger partial charge on any atom is 0.259 e. The maximum absolute atomic E-state index is 12.9. The number of fused-ring (bicyclic) bond motifs is 1. The Labute approximate surface area is 157 Å². The number of aryl methyl sites for hydroxylation is 1. The Kier molecular flexibility index (Phi) is 4.14. The molecule has 0 saturated carbocycles. The summed E-state index contributed by atoms with van der Waals surface area (Å²) in [6.45, 7) is 1.74. The van der Waals surface area contributed by atoms with Crippen LogP contribution in [0.4, 0.5) is 5.69 Å². The van der Waals surface area contributed by atoms with Crippen molar-refractivity contribution in [1.82, 2.24) is 10.1 Å². The molecule has 3 heterocycles. The van der Waals surface area contributed by atoms with Gasteiger partial charge in [-0.1, -0.05) is 34.4 Å². The van der Waals surface area contributed by atoms with Crippen molar-refractivity contribution in [2.24, 2.45) is 0 Å². The summed E-state index contributed by atoms with van der Waals surface area (Å²) >= 11 is 12.2. The number of hydrogen-bond acceptors (Lipinski definition) is 5. The number of carbonyl (C=O) groups excluding carboxylic acids is 1. The summed E-state index contributed by atoms with van der Waals surface area (Å²) in [5, 5.41) is 7.81. The summed E-state index contributed by atoms with van der Waals surface area (Å²) in [5.74, 6) is 0.122. The number of nitrogens with zero attached hydrogens (tertiary/aromatic N) is 2. The minimum absolute atomic E-state index is 0.249. The first-order valence-corrected chi connectivity index (χ1v) is 8.36. The molecule has 26 heavy (non-hydrogen) atoms. The second-order valence-corrected chi connectivity index (χ2v) is 6.32. The number of aromatic nitrogens is 2. The van der Waals surface area contributed by atoms with Gasteiger partial charge in [-0.25, -0.2) is 4.98 Å². The van der Waals surface area contributed by atoms with Crippen molar-refractivity contribution >= 4 is 45.9 Å². The smallest absolute Gasteiger partial charge is 0.259 e. The van der Waals surface area contributed by atoms with E-state index in [1.807, 2.05) is 0 Å². The molecular weight excluding hydrogens is 377 g/mol. The minimum Gasteiger partial charge on any atom is -0.463 e. The highest BCUT2D eigenvalue weighted by molar-refractivity contribution is 6.44. The summed E-state index contributed by atoms with van der Waals surface area (Å²) in [4.78, 5) is 17.3. The quantitative estimate of drug-likeness (QED) is 0.512. The van der Waals surface area contributed by atoms with Gasteiger partial charge in [0.05, 0.1) is 38.6 Å². The molecule has 3 aromatic heterocycles. The van der Waals surface area contributed by atoms with E-state index in [0.29, 0.717) is 38.8 Å². The number of amides is 1. The summed E-state index contributed by atoms with van der Waals surface area (Å²) in [6.07, 6.45) is 1.53. The number of carbonyl (C=O) groups is 1. The first-order valence-electron chi connectivity index (χ1n) is 7.61. The van der Waals surface area contributed by atoms with Crippen LogP contribution in [-0.4, -0.2) is 16.0 Å². The third kappa shape index (κ3) is 2.83. The van der Waals surface area contributed by atoms with Gasteiger partial charge in [0.25, 0.3) is 11.6 Å². The molecule has 0 fully saturated rings. The van der Waals surface area contributed by atoms with E-state index < -0.39 is 0 Å². The van der Waals surface area contributed by atoms with Gasteiger partial charge >= 0.3 is 0 Å². The third-order valence-electron chi connectivity index (χ3n) is 3.84. The fourth-order valence-electron chi connectivity index (χ4n) is 2.61. The first kappa shape index (κ1) is 16.6. The molecule has 0 bridgehead atoms. The lowest BCUT2D eigenvalue weighted by molar-refractivity contribution is 0.102. The molecule has 4 aromatic rings. The van der Waals surface area contributed by atoms with Crippen molar-refractivity contribution in [1.29, 1.82) is 0 Å². The van der Waals surface area contributed by atoms with Crippen molar-refractivity contribution in [3.05, 3.63) is 64.0 Å². The molecule has 1 N–H and O–H groups in total. The molecule has 6 nitrogen and oxygen atoms in total. The van der Waals surface area contributed by atoms with Crippen LogP contribution in [0.5, 0.6) is 0 Å². The lowest BCUT2D eigenvalue weighted by atomic mass is 10.1. The Hall–Kier alpha value is -2.83. The van der Waals surface area contributed by atoms with E-state index in [-0.39, 0.29) is 16.6 Å². The average molecular weight is 388 g/mol. The fourth-order valence-corrected chi connectivity index (χ4v) is 2.96. The van der Waals surface area contributed by atoms with Crippen LogP contribution < -0.4 is 5.32 Å². The Balaban J connectivity index is 1.83. The number of nitrogens with one attached hydrogen (secondary N) is 1. The number of hydrogen-bond donors (Lipinski definition) is 1. The number of halogens is 2. The molecule has 0 aliphatic carbocycles. The highest BCUT2D eigenvalue weighted by atomic mass is 35.5. The highest BCUT2D eigenvalue weighted by Crippen LogP contribution is 2.31. The van der Waals surface area contributed by atoms with Crippen LogP contribution >= 0.6 is 23.2 Å². The second-order valence-electron chi connectivity index (χ2n) is 5.54.